The first-order valence-electron chi connectivity index (χ1n) is 7.10. The Labute approximate surface area is 124 Å². The summed E-state index contributed by atoms with van der Waals surface area (Å²) in [6, 6.07) is 9.27. The highest BCUT2D eigenvalue weighted by molar-refractivity contribution is 5.78. The Morgan fingerprint density at radius 3 is 2.71 bits per heavy atom. The molecule has 1 unspecified atom stereocenters. The zero-order chi connectivity index (χ0) is 15.5. The van der Waals surface area contributed by atoms with Crippen molar-refractivity contribution in [3.05, 3.63) is 36.1 Å². The molecule has 5 nitrogen and oxygen atoms in total. The van der Waals surface area contributed by atoms with Crippen molar-refractivity contribution in [3.63, 3.8) is 0 Å². The second-order valence-corrected chi connectivity index (χ2v) is 5.80. The number of amides is 2. The predicted octanol–water partition coefficient (Wildman–Crippen LogP) is 2.64. The molecule has 1 aromatic carbocycles. The van der Waals surface area contributed by atoms with Crippen molar-refractivity contribution in [2.45, 2.75) is 32.9 Å². The van der Waals surface area contributed by atoms with E-state index in [9.17, 15) is 9.90 Å². The average molecular weight is 290 g/mol. The summed E-state index contributed by atoms with van der Waals surface area (Å²) in [4.78, 5) is 11.7. The Morgan fingerprint density at radius 1 is 1.33 bits per heavy atom. The highest BCUT2D eigenvalue weighted by Crippen LogP contribution is 2.18. The van der Waals surface area contributed by atoms with Crippen molar-refractivity contribution in [2.24, 2.45) is 5.92 Å². The standard InChI is InChI=1S/C16H22N2O3/c1-11(2)16(3,20)10-18-15(19)17-9-13-8-12-6-4-5-7-14(12)21-13/h4-8,11,20H,9-10H2,1-3H3,(H2,17,18,19). The monoisotopic (exact) mass is 290 g/mol. The van der Waals surface area contributed by atoms with Gasteiger partial charge < -0.3 is 20.2 Å². The fraction of sp³-hybridized carbons (Fsp3) is 0.438. The van der Waals surface area contributed by atoms with Crippen LogP contribution in [-0.2, 0) is 6.54 Å². The zero-order valence-corrected chi connectivity index (χ0v) is 12.6. The van der Waals surface area contributed by atoms with Crippen LogP contribution in [0.2, 0.25) is 0 Å². The molecule has 0 fully saturated rings. The van der Waals surface area contributed by atoms with Crippen LogP contribution in [0, 0.1) is 5.92 Å². The molecule has 2 aromatic rings. The normalized spacial score (nSPS) is 14.1. The van der Waals surface area contributed by atoms with Gasteiger partial charge in [0, 0.05) is 11.9 Å². The highest BCUT2D eigenvalue weighted by Gasteiger charge is 2.25. The fourth-order valence-electron chi connectivity index (χ4n) is 1.82. The van der Waals surface area contributed by atoms with Crippen molar-refractivity contribution in [1.82, 2.24) is 10.6 Å². The van der Waals surface area contributed by atoms with Crippen LogP contribution in [0.3, 0.4) is 0 Å². The maximum absolute atomic E-state index is 11.7. The molecule has 1 heterocycles. The van der Waals surface area contributed by atoms with Gasteiger partial charge in [-0.1, -0.05) is 32.0 Å². The molecule has 5 heteroatoms. The minimum Gasteiger partial charge on any atom is -0.459 e. The quantitative estimate of drug-likeness (QED) is 0.792. The first-order chi connectivity index (χ1) is 9.88. The van der Waals surface area contributed by atoms with Crippen molar-refractivity contribution < 1.29 is 14.3 Å². The lowest BCUT2D eigenvalue weighted by Gasteiger charge is -2.27. The van der Waals surface area contributed by atoms with Crippen LogP contribution in [0.1, 0.15) is 26.5 Å². The molecule has 21 heavy (non-hydrogen) atoms. The molecule has 0 aliphatic heterocycles. The van der Waals surface area contributed by atoms with Gasteiger partial charge in [0.25, 0.3) is 0 Å². The topological polar surface area (TPSA) is 74.5 Å². The average Bonchev–Trinajstić information content (AvgIpc) is 2.85. The number of aliphatic hydroxyl groups is 1. The van der Waals surface area contributed by atoms with E-state index in [1.54, 1.807) is 6.92 Å². The molecule has 114 valence electrons. The Bertz CT molecular complexity index is 584. The van der Waals surface area contributed by atoms with Crippen LogP contribution in [0.4, 0.5) is 4.79 Å². The van der Waals surface area contributed by atoms with Crippen molar-refractivity contribution in [3.8, 4) is 0 Å². The van der Waals surface area contributed by atoms with E-state index >= 15 is 0 Å². The number of nitrogens with one attached hydrogen (secondary N) is 2. The van der Waals surface area contributed by atoms with Gasteiger partial charge in [0.15, 0.2) is 0 Å². The molecule has 0 aliphatic rings. The summed E-state index contributed by atoms with van der Waals surface area (Å²) in [7, 11) is 0. The fourth-order valence-corrected chi connectivity index (χ4v) is 1.82. The number of rotatable bonds is 5. The molecule has 1 aromatic heterocycles. The van der Waals surface area contributed by atoms with Crippen molar-refractivity contribution >= 4 is 17.0 Å². The van der Waals surface area contributed by atoms with Gasteiger partial charge in [-0.25, -0.2) is 4.79 Å². The summed E-state index contributed by atoms with van der Waals surface area (Å²) < 4.78 is 5.61. The number of benzene rings is 1. The molecule has 0 radical (unpaired) electrons. The SMILES string of the molecule is CC(C)C(C)(O)CNC(=O)NCc1cc2ccccc2o1. The van der Waals surface area contributed by atoms with Crippen LogP contribution < -0.4 is 10.6 Å². The largest absolute Gasteiger partial charge is 0.459 e. The molecule has 0 aliphatic carbocycles. The van der Waals surface area contributed by atoms with Gasteiger partial charge in [0.2, 0.25) is 0 Å². The zero-order valence-electron chi connectivity index (χ0n) is 12.6. The lowest BCUT2D eigenvalue weighted by molar-refractivity contribution is 0.0166. The van der Waals surface area contributed by atoms with E-state index in [1.807, 2.05) is 44.2 Å². The van der Waals surface area contributed by atoms with Crippen molar-refractivity contribution in [1.29, 1.82) is 0 Å². The van der Waals surface area contributed by atoms with E-state index < -0.39 is 5.60 Å². The minimum atomic E-state index is -0.920. The van der Waals surface area contributed by atoms with Crippen LogP contribution in [0.25, 0.3) is 11.0 Å². The second kappa shape index (κ2) is 6.18. The van der Waals surface area contributed by atoms with Gasteiger partial charge in [0.1, 0.15) is 11.3 Å². The number of para-hydroxylation sites is 1. The first kappa shape index (κ1) is 15.4. The Kier molecular flexibility index (Phi) is 4.53. The van der Waals surface area contributed by atoms with Crippen molar-refractivity contribution in [2.75, 3.05) is 6.54 Å². The lowest BCUT2D eigenvalue weighted by Crippen LogP contribution is -2.47. The third kappa shape index (κ3) is 3.98. The smallest absolute Gasteiger partial charge is 0.315 e. The minimum absolute atomic E-state index is 0.0631. The molecule has 0 saturated heterocycles. The van der Waals surface area contributed by atoms with E-state index in [1.165, 1.54) is 0 Å². The van der Waals surface area contributed by atoms with Crippen LogP contribution in [0.15, 0.2) is 34.7 Å². The van der Waals surface area contributed by atoms with E-state index in [0.717, 1.165) is 11.0 Å². The van der Waals surface area contributed by atoms with E-state index in [0.29, 0.717) is 12.3 Å². The Morgan fingerprint density at radius 2 is 2.05 bits per heavy atom. The van der Waals surface area contributed by atoms with E-state index in [-0.39, 0.29) is 18.5 Å². The summed E-state index contributed by atoms with van der Waals surface area (Å²) >= 11 is 0. The first-order valence-corrected chi connectivity index (χ1v) is 7.10. The molecule has 0 bridgehead atoms. The molecule has 3 N–H and O–H groups in total. The third-order valence-electron chi connectivity index (χ3n) is 3.75. The van der Waals surface area contributed by atoms with Gasteiger partial charge >= 0.3 is 6.03 Å². The van der Waals surface area contributed by atoms with Gasteiger partial charge in [-0.2, -0.15) is 0 Å². The van der Waals surface area contributed by atoms with Gasteiger partial charge in [0.05, 0.1) is 12.1 Å². The number of carbonyl (C=O) groups is 1. The molecule has 0 spiro atoms. The third-order valence-corrected chi connectivity index (χ3v) is 3.75. The predicted molar refractivity (Wildman–Crippen MR) is 81.9 cm³/mol. The van der Waals surface area contributed by atoms with Gasteiger partial charge in [-0.15, -0.1) is 0 Å². The highest BCUT2D eigenvalue weighted by atomic mass is 16.3. The lowest BCUT2D eigenvalue weighted by atomic mass is 9.93. The Hall–Kier alpha value is -2.01. The molecular weight excluding hydrogens is 268 g/mol. The molecular formula is C16H22N2O3. The number of fused-ring (bicyclic) bond motifs is 1. The number of urea groups is 1. The molecule has 1 atom stereocenters. The van der Waals surface area contributed by atoms with E-state index in [2.05, 4.69) is 10.6 Å². The van der Waals surface area contributed by atoms with Crippen LogP contribution in [0.5, 0.6) is 0 Å². The maximum Gasteiger partial charge on any atom is 0.315 e. The maximum atomic E-state index is 11.7. The molecule has 2 amide bonds. The number of furan rings is 1. The summed E-state index contributed by atoms with van der Waals surface area (Å²) in [6.45, 7) is 6.04. The molecule has 0 saturated carbocycles. The van der Waals surface area contributed by atoms with Gasteiger partial charge in [-0.3, -0.25) is 0 Å². The summed E-state index contributed by atoms with van der Waals surface area (Å²) in [5.41, 5.74) is -0.117. The summed E-state index contributed by atoms with van der Waals surface area (Å²) in [5.74, 6) is 0.759. The summed E-state index contributed by atoms with van der Waals surface area (Å²) in [5, 5.41) is 16.5. The number of carbonyl (C=O) groups excluding carboxylic acids is 1. The number of hydrogen-bond acceptors (Lipinski definition) is 3. The second-order valence-electron chi connectivity index (χ2n) is 5.80. The summed E-state index contributed by atoms with van der Waals surface area (Å²) in [6.07, 6.45) is 0. The number of hydrogen-bond donors (Lipinski definition) is 3. The van der Waals surface area contributed by atoms with E-state index in [4.69, 9.17) is 4.42 Å². The van der Waals surface area contributed by atoms with Crippen LogP contribution >= 0.6 is 0 Å². The Balaban J connectivity index is 1.84. The molecule has 2 rings (SSSR count). The van der Waals surface area contributed by atoms with Crippen LogP contribution in [-0.4, -0.2) is 23.3 Å². The van der Waals surface area contributed by atoms with Gasteiger partial charge in [-0.05, 0) is 25.0 Å².